The molecule has 0 atom stereocenters. The number of carbonyl (C=O) groups is 1. The Hall–Kier alpha value is -1.81. The molecule has 1 amide bonds. The zero-order chi connectivity index (χ0) is 13.1. The fourth-order valence-electron chi connectivity index (χ4n) is 3.44. The van der Waals surface area contributed by atoms with E-state index in [2.05, 4.69) is 28.6 Å². The summed E-state index contributed by atoms with van der Waals surface area (Å²) in [5, 5.41) is 1.32. The first kappa shape index (κ1) is 11.1. The van der Waals surface area contributed by atoms with E-state index in [1.165, 1.54) is 22.2 Å². The number of para-hydroxylation sites is 1. The monoisotopic (exact) mass is 255 g/mol. The van der Waals surface area contributed by atoms with Crippen LogP contribution in [-0.4, -0.2) is 36.0 Å². The molecular weight excluding hydrogens is 238 g/mol. The molecule has 0 radical (unpaired) electrons. The van der Waals surface area contributed by atoms with E-state index in [1.54, 1.807) is 4.90 Å². The van der Waals surface area contributed by atoms with Gasteiger partial charge < -0.3 is 14.4 Å². The quantitative estimate of drug-likeness (QED) is 0.715. The Balaban J connectivity index is 2.09. The number of hydrogen-bond donors (Lipinski definition) is 0. The van der Waals surface area contributed by atoms with E-state index in [0.29, 0.717) is 6.54 Å². The lowest BCUT2D eigenvalue weighted by Gasteiger charge is -2.27. The molecule has 1 aromatic heterocycles. The summed E-state index contributed by atoms with van der Waals surface area (Å²) in [7, 11) is 4.03. The minimum absolute atomic E-state index is 0.178. The van der Waals surface area contributed by atoms with Crippen LogP contribution in [0.15, 0.2) is 18.2 Å². The third-order valence-electron chi connectivity index (χ3n) is 4.47. The molecule has 0 bridgehead atoms. The van der Waals surface area contributed by atoms with Gasteiger partial charge in [0.1, 0.15) is 6.54 Å². The SMILES string of the molecule is CN1CCc2c(c3cccc4c3n2CC(=O)N4C)C1. The maximum atomic E-state index is 12.1. The number of aromatic nitrogens is 1. The van der Waals surface area contributed by atoms with E-state index < -0.39 is 0 Å². The van der Waals surface area contributed by atoms with Gasteiger partial charge in [0, 0.05) is 37.6 Å². The van der Waals surface area contributed by atoms with Crippen LogP contribution in [0.1, 0.15) is 11.3 Å². The van der Waals surface area contributed by atoms with Crippen LogP contribution in [-0.2, 0) is 24.3 Å². The van der Waals surface area contributed by atoms with Gasteiger partial charge in [-0.15, -0.1) is 0 Å². The lowest BCUT2D eigenvalue weighted by molar-refractivity contribution is -0.119. The normalized spacial score (nSPS) is 19.1. The Labute approximate surface area is 112 Å². The third-order valence-corrected chi connectivity index (χ3v) is 4.47. The van der Waals surface area contributed by atoms with Crippen molar-refractivity contribution >= 4 is 22.5 Å². The largest absolute Gasteiger partial charge is 0.333 e. The number of benzene rings is 1. The van der Waals surface area contributed by atoms with Gasteiger partial charge in [-0.25, -0.2) is 0 Å². The van der Waals surface area contributed by atoms with E-state index in [-0.39, 0.29) is 5.91 Å². The Bertz CT molecular complexity index is 701. The predicted octanol–water partition coefficient (Wildman–Crippen LogP) is 1.61. The zero-order valence-corrected chi connectivity index (χ0v) is 11.3. The molecular formula is C15H17N3O. The first-order chi connectivity index (χ1) is 9.16. The van der Waals surface area contributed by atoms with Gasteiger partial charge in [0.15, 0.2) is 0 Å². The van der Waals surface area contributed by atoms with Gasteiger partial charge in [0.05, 0.1) is 11.2 Å². The van der Waals surface area contributed by atoms with E-state index in [1.807, 2.05) is 13.1 Å². The van der Waals surface area contributed by atoms with Crippen molar-refractivity contribution < 1.29 is 4.79 Å². The molecule has 1 aromatic carbocycles. The number of hydrogen-bond acceptors (Lipinski definition) is 2. The first-order valence-electron chi connectivity index (χ1n) is 6.75. The lowest BCUT2D eigenvalue weighted by Crippen LogP contribution is -2.35. The van der Waals surface area contributed by atoms with Crippen molar-refractivity contribution in [3.63, 3.8) is 0 Å². The first-order valence-corrected chi connectivity index (χ1v) is 6.75. The Morgan fingerprint density at radius 2 is 2.00 bits per heavy atom. The van der Waals surface area contributed by atoms with E-state index in [4.69, 9.17) is 0 Å². The second-order valence-electron chi connectivity index (χ2n) is 5.63. The zero-order valence-electron chi connectivity index (χ0n) is 11.3. The average Bonchev–Trinajstić information content (AvgIpc) is 2.71. The molecule has 0 saturated heterocycles. The van der Waals surface area contributed by atoms with Gasteiger partial charge in [-0.1, -0.05) is 12.1 Å². The van der Waals surface area contributed by atoms with E-state index in [9.17, 15) is 4.79 Å². The van der Waals surface area contributed by atoms with Gasteiger partial charge in [-0.2, -0.15) is 0 Å². The average molecular weight is 255 g/mol. The summed E-state index contributed by atoms with van der Waals surface area (Å²) < 4.78 is 2.25. The number of fused-ring (bicyclic) bond motifs is 3. The van der Waals surface area contributed by atoms with Crippen LogP contribution in [0.2, 0.25) is 0 Å². The van der Waals surface area contributed by atoms with Gasteiger partial charge in [0.25, 0.3) is 0 Å². The second kappa shape index (κ2) is 3.61. The van der Waals surface area contributed by atoms with Gasteiger partial charge in [0.2, 0.25) is 5.91 Å². The molecule has 2 aliphatic rings. The topological polar surface area (TPSA) is 28.5 Å². The molecule has 2 aromatic rings. The van der Waals surface area contributed by atoms with Crippen molar-refractivity contribution in [2.24, 2.45) is 0 Å². The summed E-state index contributed by atoms with van der Waals surface area (Å²) in [6, 6.07) is 6.30. The van der Waals surface area contributed by atoms with Crippen molar-refractivity contribution in [2.75, 3.05) is 25.5 Å². The van der Waals surface area contributed by atoms with E-state index >= 15 is 0 Å². The van der Waals surface area contributed by atoms with Crippen LogP contribution >= 0.6 is 0 Å². The Morgan fingerprint density at radius 3 is 2.84 bits per heavy atom. The molecule has 0 aliphatic carbocycles. The summed E-state index contributed by atoms with van der Waals surface area (Å²) in [5.74, 6) is 0.178. The molecule has 0 spiro atoms. The molecule has 3 heterocycles. The van der Waals surface area contributed by atoms with Gasteiger partial charge in [-0.05, 0) is 18.7 Å². The van der Waals surface area contributed by atoms with E-state index in [0.717, 1.165) is 25.2 Å². The van der Waals surface area contributed by atoms with Crippen molar-refractivity contribution in [2.45, 2.75) is 19.5 Å². The standard InChI is InChI=1S/C15H17N3O/c1-16-7-6-12-11(8-16)10-4-3-5-13-15(10)18(12)9-14(19)17(13)2/h3-5H,6-9H2,1-2H3. The number of carbonyl (C=O) groups excluding carboxylic acids is 1. The Morgan fingerprint density at radius 1 is 1.16 bits per heavy atom. The van der Waals surface area contributed by atoms with Crippen LogP contribution in [0.3, 0.4) is 0 Å². The molecule has 4 rings (SSSR count). The maximum Gasteiger partial charge on any atom is 0.246 e. The third kappa shape index (κ3) is 1.35. The summed E-state index contributed by atoms with van der Waals surface area (Å²) >= 11 is 0. The molecule has 0 fully saturated rings. The minimum atomic E-state index is 0.178. The fraction of sp³-hybridized carbons (Fsp3) is 0.400. The fourth-order valence-corrected chi connectivity index (χ4v) is 3.44. The smallest absolute Gasteiger partial charge is 0.246 e. The van der Waals surface area contributed by atoms with Crippen molar-refractivity contribution in [1.82, 2.24) is 9.47 Å². The van der Waals surface area contributed by atoms with Crippen molar-refractivity contribution in [3.8, 4) is 0 Å². The highest BCUT2D eigenvalue weighted by atomic mass is 16.2. The second-order valence-corrected chi connectivity index (χ2v) is 5.63. The molecule has 2 aliphatic heterocycles. The lowest BCUT2D eigenvalue weighted by atomic mass is 10.0. The number of amides is 1. The summed E-state index contributed by atoms with van der Waals surface area (Å²) in [4.78, 5) is 16.3. The number of rotatable bonds is 0. The summed E-state index contributed by atoms with van der Waals surface area (Å²) in [5.41, 5.74) is 5.06. The summed E-state index contributed by atoms with van der Waals surface area (Å²) in [6.45, 7) is 2.55. The van der Waals surface area contributed by atoms with Gasteiger partial charge in [-0.3, -0.25) is 4.79 Å². The number of anilines is 1. The molecule has 0 N–H and O–H groups in total. The Kier molecular flexibility index (Phi) is 2.10. The highest BCUT2D eigenvalue weighted by Crippen LogP contribution is 2.38. The van der Waals surface area contributed by atoms with Crippen LogP contribution in [0.25, 0.3) is 10.9 Å². The van der Waals surface area contributed by atoms with Crippen molar-refractivity contribution in [1.29, 1.82) is 0 Å². The maximum absolute atomic E-state index is 12.1. The molecule has 0 unspecified atom stereocenters. The highest BCUT2D eigenvalue weighted by Gasteiger charge is 2.29. The number of nitrogens with zero attached hydrogens (tertiary/aromatic N) is 3. The van der Waals surface area contributed by atoms with Gasteiger partial charge >= 0.3 is 0 Å². The van der Waals surface area contributed by atoms with Crippen LogP contribution in [0, 0.1) is 0 Å². The predicted molar refractivity (Wildman–Crippen MR) is 75.4 cm³/mol. The molecule has 4 heteroatoms. The van der Waals surface area contributed by atoms with Crippen LogP contribution in [0.5, 0.6) is 0 Å². The summed E-state index contributed by atoms with van der Waals surface area (Å²) in [6.07, 6.45) is 1.04. The van der Waals surface area contributed by atoms with Crippen LogP contribution in [0.4, 0.5) is 5.69 Å². The molecule has 19 heavy (non-hydrogen) atoms. The highest BCUT2D eigenvalue weighted by molar-refractivity contribution is 6.07. The number of likely N-dealkylation sites (N-methyl/N-ethyl adjacent to an activating group) is 2. The minimum Gasteiger partial charge on any atom is -0.333 e. The molecule has 4 nitrogen and oxygen atoms in total. The van der Waals surface area contributed by atoms with Crippen LogP contribution < -0.4 is 4.90 Å². The molecule has 98 valence electrons. The molecule has 0 saturated carbocycles. The van der Waals surface area contributed by atoms with Crippen molar-refractivity contribution in [3.05, 3.63) is 29.5 Å².